The second kappa shape index (κ2) is 6.20. The molecule has 2 unspecified atom stereocenters. The summed E-state index contributed by atoms with van der Waals surface area (Å²) in [6, 6.07) is 0.321. The van der Waals surface area contributed by atoms with Gasteiger partial charge < -0.3 is 10.4 Å². The molecule has 0 bridgehead atoms. The van der Waals surface area contributed by atoms with Crippen molar-refractivity contribution in [2.45, 2.75) is 39.8 Å². The summed E-state index contributed by atoms with van der Waals surface area (Å²) in [7, 11) is 0. The van der Waals surface area contributed by atoms with Crippen LogP contribution in [-0.4, -0.2) is 22.7 Å². The molecule has 0 aliphatic heterocycles. The maximum absolute atomic E-state index is 8.99. The number of aromatic nitrogens is 1. The first-order valence-corrected chi connectivity index (χ1v) is 6.32. The molecule has 0 spiro atoms. The predicted molar refractivity (Wildman–Crippen MR) is 64.0 cm³/mol. The van der Waals surface area contributed by atoms with Gasteiger partial charge >= 0.3 is 0 Å². The normalized spacial score (nSPS) is 15.2. The van der Waals surface area contributed by atoms with Crippen LogP contribution in [-0.2, 0) is 13.0 Å². The molecular formula is C11H20N2OS. The molecule has 86 valence electrons. The quantitative estimate of drug-likeness (QED) is 0.780. The van der Waals surface area contributed by atoms with Gasteiger partial charge in [-0.05, 0) is 19.3 Å². The Morgan fingerprint density at radius 1 is 1.53 bits per heavy atom. The Kier molecular flexibility index (Phi) is 5.22. The second-order valence-corrected chi connectivity index (χ2v) is 4.86. The van der Waals surface area contributed by atoms with Crippen LogP contribution in [0.25, 0.3) is 0 Å². The van der Waals surface area contributed by atoms with Crippen LogP contribution in [0.15, 0.2) is 5.38 Å². The van der Waals surface area contributed by atoms with Crippen LogP contribution in [0.3, 0.4) is 0 Å². The number of aliphatic hydroxyl groups excluding tert-OH is 1. The number of aliphatic hydroxyl groups is 1. The van der Waals surface area contributed by atoms with E-state index in [-0.39, 0.29) is 12.5 Å². The minimum absolute atomic E-state index is 0.228. The molecular weight excluding hydrogens is 208 g/mol. The Bertz CT molecular complexity index is 288. The van der Waals surface area contributed by atoms with Crippen LogP contribution >= 0.6 is 11.3 Å². The fourth-order valence-corrected chi connectivity index (χ4v) is 1.96. The van der Waals surface area contributed by atoms with Gasteiger partial charge in [0.2, 0.25) is 0 Å². The summed E-state index contributed by atoms with van der Waals surface area (Å²) in [6.07, 6.45) is 1.01. The number of hydrogen-bond donors (Lipinski definition) is 2. The fraction of sp³-hybridized carbons (Fsp3) is 0.727. The van der Waals surface area contributed by atoms with E-state index in [4.69, 9.17) is 5.11 Å². The van der Waals surface area contributed by atoms with E-state index in [9.17, 15) is 0 Å². The highest BCUT2D eigenvalue weighted by molar-refractivity contribution is 7.09. The van der Waals surface area contributed by atoms with Crippen molar-refractivity contribution in [3.05, 3.63) is 16.1 Å². The van der Waals surface area contributed by atoms with Gasteiger partial charge in [0.05, 0.1) is 10.7 Å². The van der Waals surface area contributed by atoms with Crippen molar-refractivity contribution in [2.24, 2.45) is 5.92 Å². The Labute approximate surface area is 95.6 Å². The van der Waals surface area contributed by atoms with E-state index in [2.05, 4.69) is 29.5 Å². The van der Waals surface area contributed by atoms with E-state index in [1.54, 1.807) is 11.3 Å². The molecule has 1 aromatic heterocycles. The van der Waals surface area contributed by atoms with Crippen molar-refractivity contribution < 1.29 is 5.11 Å². The Morgan fingerprint density at radius 3 is 2.80 bits per heavy atom. The minimum Gasteiger partial charge on any atom is -0.396 e. The number of rotatable bonds is 6. The molecule has 4 heteroatoms. The molecule has 0 saturated heterocycles. The van der Waals surface area contributed by atoms with E-state index in [1.165, 1.54) is 5.01 Å². The highest BCUT2D eigenvalue weighted by Crippen LogP contribution is 2.10. The zero-order valence-electron chi connectivity index (χ0n) is 9.66. The van der Waals surface area contributed by atoms with Gasteiger partial charge in [-0.1, -0.05) is 13.8 Å². The average molecular weight is 228 g/mol. The number of nitrogens with zero attached hydrogens (tertiary/aromatic N) is 1. The zero-order chi connectivity index (χ0) is 11.3. The zero-order valence-corrected chi connectivity index (χ0v) is 10.5. The van der Waals surface area contributed by atoms with Crippen molar-refractivity contribution in [3.63, 3.8) is 0 Å². The summed E-state index contributed by atoms with van der Waals surface area (Å²) in [6.45, 7) is 7.27. The van der Waals surface area contributed by atoms with Crippen molar-refractivity contribution in [1.82, 2.24) is 10.3 Å². The molecule has 15 heavy (non-hydrogen) atoms. The molecule has 0 saturated carbocycles. The summed E-state index contributed by atoms with van der Waals surface area (Å²) >= 11 is 1.71. The van der Waals surface area contributed by atoms with Gasteiger partial charge in [-0.15, -0.1) is 11.3 Å². The highest BCUT2D eigenvalue weighted by Gasteiger charge is 2.10. The van der Waals surface area contributed by atoms with Gasteiger partial charge in [-0.2, -0.15) is 0 Å². The van der Waals surface area contributed by atoms with Crippen molar-refractivity contribution >= 4 is 11.3 Å². The lowest BCUT2D eigenvalue weighted by Crippen LogP contribution is -2.33. The summed E-state index contributed by atoms with van der Waals surface area (Å²) in [4.78, 5) is 4.48. The first kappa shape index (κ1) is 12.6. The third-order valence-electron chi connectivity index (χ3n) is 2.65. The number of hydrogen-bond acceptors (Lipinski definition) is 4. The van der Waals surface area contributed by atoms with Crippen molar-refractivity contribution in [3.8, 4) is 0 Å². The molecule has 0 aromatic carbocycles. The van der Waals surface area contributed by atoms with Crippen LogP contribution in [0.1, 0.15) is 31.5 Å². The second-order valence-electron chi connectivity index (χ2n) is 3.92. The summed E-state index contributed by atoms with van der Waals surface area (Å²) in [5.74, 6) is 0.286. The van der Waals surface area contributed by atoms with Crippen LogP contribution in [0, 0.1) is 5.92 Å². The molecule has 1 aromatic rings. The molecule has 2 N–H and O–H groups in total. The first-order chi connectivity index (χ1) is 7.17. The summed E-state index contributed by atoms with van der Waals surface area (Å²) in [5, 5.41) is 15.7. The molecule has 0 aliphatic carbocycles. The monoisotopic (exact) mass is 228 g/mol. The molecule has 0 amide bonds. The molecule has 1 rings (SSSR count). The van der Waals surface area contributed by atoms with E-state index < -0.39 is 0 Å². The summed E-state index contributed by atoms with van der Waals surface area (Å²) in [5.41, 5.74) is 1.11. The van der Waals surface area contributed by atoms with Crippen LogP contribution in [0.5, 0.6) is 0 Å². The number of nitrogens with one attached hydrogen (secondary N) is 1. The smallest absolute Gasteiger partial charge is 0.0926 e. The van der Waals surface area contributed by atoms with Crippen LogP contribution in [0.4, 0.5) is 0 Å². The molecule has 0 fully saturated rings. The predicted octanol–water partition coefficient (Wildman–Crippen LogP) is 1.81. The van der Waals surface area contributed by atoms with Gasteiger partial charge in [0.25, 0.3) is 0 Å². The largest absolute Gasteiger partial charge is 0.396 e. The molecule has 0 aliphatic rings. The van der Waals surface area contributed by atoms with Crippen molar-refractivity contribution in [2.75, 3.05) is 6.61 Å². The van der Waals surface area contributed by atoms with E-state index in [0.717, 1.165) is 18.7 Å². The lowest BCUT2D eigenvalue weighted by Gasteiger charge is -2.18. The van der Waals surface area contributed by atoms with Crippen LogP contribution < -0.4 is 5.32 Å². The molecule has 1 heterocycles. The maximum Gasteiger partial charge on any atom is 0.0926 e. The Morgan fingerprint density at radius 2 is 2.27 bits per heavy atom. The topological polar surface area (TPSA) is 45.2 Å². The first-order valence-electron chi connectivity index (χ1n) is 5.44. The summed E-state index contributed by atoms with van der Waals surface area (Å²) < 4.78 is 0. The van der Waals surface area contributed by atoms with E-state index >= 15 is 0 Å². The van der Waals surface area contributed by atoms with Crippen molar-refractivity contribution in [1.29, 1.82) is 0 Å². The molecule has 2 atom stereocenters. The molecule has 0 radical (unpaired) electrons. The lowest BCUT2D eigenvalue weighted by atomic mass is 10.1. The highest BCUT2D eigenvalue weighted by atomic mass is 32.1. The van der Waals surface area contributed by atoms with Gasteiger partial charge in [-0.3, -0.25) is 0 Å². The number of thiazole rings is 1. The van der Waals surface area contributed by atoms with Gasteiger partial charge in [0.15, 0.2) is 0 Å². The van der Waals surface area contributed by atoms with Crippen LogP contribution in [0.2, 0.25) is 0 Å². The Hall–Kier alpha value is -0.450. The van der Waals surface area contributed by atoms with E-state index in [1.807, 2.05) is 6.92 Å². The average Bonchev–Trinajstić information content (AvgIpc) is 2.72. The van der Waals surface area contributed by atoms with Gasteiger partial charge in [-0.25, -0.2) is 4.98 Å². The third kappa shape index (κ3) is 3.89. The molecule has 3 nitrogen and oxygen atoms in total. The standard InChI is InChI=1S/C11H20N2OS/c1-4-11-13-10(7-15-11)5-12-9(3)8(2)6-14/h7-9,12,14H,4-6H2,1-3H3. The number of aryl methyl sites for hydroxylation is 1. The SMILES string of the molecule is CCc1nc(CNC(C)C(C)CO)cs1. The minimum atomic E-state index is 0.228. The van der Waals surface area contributed by atoms with E-state index in [0.29, 0.717) is 6.04 Å². The Balaban J connectivity index is 2.36. The van der Waals surface area contributed by atoms with Gasteiger partial charge in [0, 0.05) is 24.6 Å². The van der Waals surface area contributed by atoms with Gasteiger partial charge in [0.1, 0.15) is 0 Å². The lowest BCUT2D eigenvalue weighted by molar-refractivity contribution is 0.207. The third-order valence-corrected chi connectivity index (χ3v) is 3.69. The maximum atomic E-state index is 8.99. The fourth-order valence-electron chi connectivity index (χ4n) is 1.22.